The molecule has 1 aromatic rings. The van der Waals surface area contributed by atoms with Gasteiger partial charge >= 0.3 is 5.97 Å². The van der Waals surface area contributed by atoms with Crippen LogP contribution in [0.15, 0.2) is 18.2 Å². The molecule has 0 aliphatic carbocycles. The van der Waals surface area contributed by atoms with Gasteiger partial charge in [-0.05, 0) is 51.0 Å². The van der Waals surface area contributed by atoms with Crippen molar-refractivity contribution < 1.29 is 19.4 Å². The molecule has 1 aromatic carbocycles. The summed E-state index contributed by atoms with van der Waals surface area (Å²) in [7, 11) is 1.57. The van der Waals surface area contributed by atoms with Crippen LogP contribution in [0.5, 0.6) is 5.75 Å². The Morgan fingerprint density at radius 1 is 1.35 bits per heavy atom. The van der Waals surface area contributed by atoms with Gasteiger partial charge in [0.2, 0.25) is 0 Å². The van der Waals surface area contributed by atoms with E-state index < -0.39 is 11.5 Å². The number of benzene rings is 1. The lowest BCUT2D eigenvalue weighted by Gasteiger charge is -2.26. The third-order valence-electron chi connectivity index (χ3n) is 3.09. The van der Waals surface area contributed by atoms with Crippen molar-refractivity contribution in [3.8, 4) is 5.75 Å². The normalized spacial score (nSPS) is 11.0. The molecule has 20 heavy (non-hydrogen) atoms. The topological polar surface area (TPSA) is 75.6 Å². The smallest absolute Gasteiger partial charge is 0.303 e. The van der Waals surface area contributed by atoms with Gasteiger partial charge in [0.25, 0.3) is 5.91 Å². The Balaban J connectivity index is 2.77. The molecule has 0 radical (unpaired) electrons. The van der Waals surface area contributed by atoms with Crippen LogP contribution in [0.2, 0.25) is 0 Å². The highest BCUT2D eigenvalue weighted by molar-refractivity contribution is 5.96. The lowest BCUT2D eigenvalue weighted by atomic mass is 9.97. The summed E-state index contributed by atoms with van der Waals surface area (Å²) in [6, 6.07) is 5.22. The second-order valence-corrected chi connectivity index (χ2v) is 5.41. The standard InChI is InChI=1S/C15H21NO4/c1-10-9-11(20-4)5-6-12(10)14(19)16-15(2,3)8-7-13(17)18/h5-6,9H,7-8H2,1-4H3,(H,16,19)(H,17,18). The number of rotatable bonds is 6. The Labute approximate surface area is 118 Å². The first-order valence-electron chi connectivity index (χ1n) is 6.44. The van der Waals surface area contributed by atoms with Crippen LogP contribution in [-0.2, 0) is 4.79 Å². The number of hydrogen-bond donors (Lipinski definition) is 2. The summed E-state index contributed by atoms with van der Waals surface area (Å²) in [6.45, 7) is 5.46. The summed E-state index contributed by atoms with van der Waals surface area (Å²) in [5, 5.41) is 11.6. The summed E-state index contributed by atoms with van der Waals surface area (Å²) in [6.07, 6.45) is 0.401. The number of carbonyl (C=O) groups excluding carboxylic acids is 1. The van der Waals surface area contributed by atoms with E-state index in [1.807, 2.05) is 20.8 Å². The summed E-state index contributed by atoms with van der Waals surface area (Å²) in [5.41, 5.74) is 0.812. The Kier molecular flexibility index (Phi) is 5.13. The van der Waals surface area contributed by atoms with Crippen LogP contribution >= 0.6 is 0 Å². The molecule has 0 saturated carbocycles. The Morgan fingerprint density at radius 2 is 2.00 bits per heavy atom. The van der Waals surface area contributed by atoms with Crippen LogP contribution in [-0.4, -0.2) is 29.6 Å². The first kappa shape index (κ1) is 16.0. The van der Waals surface area contributed by atoms with Crippen LogP contribution in [0.25, 0.3) is 0 Å². The van der Waals surface area contributed by atoms with Crippen molar-refractivity contribution in [2.24, 2.45) is 0 Å². The van der Waals surface area contributed by atoms with E-state index in [2.05, 4.69) is 5.32 Å². The van der Waals surface area contributed by atoms with E-state index in [9.17, 15) is 9.59 Å². The van der Waals surface area contributed by atoms with Gasteiger partial charge in [0.05, 0.1) is 7.11 Å². The van der Waals surface area contributed by atoms with E-state index in [-0.39, 0.29) is 12.3 Å². The number of hydrogen-bond acceptors (Lipinski definition) is 3. The fourth-order valence-corrected chi connectivity index (χ4v) is 1.87. The maximum Gasteiger partial charge on any atom is 0.303 e. The fourth-order valence-electron chi connectivity index (χ4n) is 1.87. The first-order chi connectivity index (χ1) is 9.25. The molecular formula is C15H21NO4. The zero-order chi connectivity index (χ0) is 15.3. The van der Waals surface area contributed by atoms with Crippen molar-refractivity contribution in [3.63, 3.8) is 0 Å². The lowest BCUT2D eigenvalue weighted by molar-refractivity contribution is -0.137. The third-order valence-corrected chi connectivity index (χ3v) is 3.09. The number of carboxylic acid groups (broad SMARTS) is 1. The Hall–Kier alpha value is -2.04. The van der Waals surface area contributed by atoms with Crippen molar-refractivity contribution >= 4 is 11.9 Å². The minimum absolute atomic E-state index is 0.0227. The van der Waals surface area contributed by atoms with Gasteiger partial charge in [-0.25, -0.2) is 0 Å². The van der Waals surface area contributed by atoms with Crippen molar-refractivity contribution in [1.82, 2.24) is 5.32 Å². The van der Waals surface area contributed by atoms with Crippen LogP contribution in [0.4, 0.5) is 0 Å². The zero-order valence-corrected chi connectivity index (χ0v) is 12.3. The summed E-state index contributed by atoms with van der Waals surface area (Å²) < 4.78 is 5.10. The van der Waals surface area contributed by atoms with E-state index in [1.165, 1.54) is 0 Å². The molecule has 110 valence electrons. The molecule has 0 bridgehead atoms. The van der Waals surface area contributed by atoms with Crippen molar-refractivity contribution in [2.45, 2.75) is 39.2 Å². The molecule has 2 N–H and O–H groups in total. The van der Waals surface area contributed by atoms with Gasteiger partial charge in [-0.2, -0.15) is 0 Å². The molecule has 5 heteroatoms. The first-order valence-corrected chi connectivity index (χ1v) is 6.44. The van der Waals surface area contributed by atoms with Gasteiger partial charge in [-0.1, -0.05) is 0 Å². The quantitative estimate of drug-likeness (QED) is 0.838. The molecule has 0 heterocycles. The van der Waals surface area contributed by atoms with E-state index in [0.29, 0.717) is 17.7 Å². The zero-order valence-electron chi connectivity index (χ0n) is 12.3. The molecule has 5 nitrogen and oxygen atoms in total. The molecule has 0 fully saturated rings. The minimum atomic E-state index is -0.868. The molecule has 1 amide bonds. The number of nitrogens with one attached hydrogen (secondary N) is 1. The maximum atomic E-state index is 12.2. The maximum absolute atomic E-state index is 12.2. The van der Waals surface area contributed by atoms with Crippen molar-refractivity contribution in [3.05, 3.63) is 29.3 Å². The second kappa shape index (κ2) is 6.41. The van der Waals surface area contributed by atoms with Gasteiger partial charge in [0.15, 0.2) is 0 Å². The number of aryl methyl sites for hydroxylation is 1. The van der Waals surface area contributed by atoms with Crippen molar-refractivity contribution in [2.75, 3.05) is 7.11 Å². The molecule has 0 atom stereocenters. The molecule has 0 aliphatic rings. The number of carbonyl (C=O) groups is 2. The van der Waals surface area contributed by atoms with Gasteiger partial charge < -0.3 is 15.2 Å². The average molecular weight is 279 g/mol. The fraction of sp³-hybridized carbons (Fsp3) is 0.467. The molecule has 0 unspecified atom stereocenters. The van der Waals surface area contributed by atoms with Crippen LogP contribution in [0.3, 0.4) is 0 Å². The van der Waals surface area contributed by atoms with E-state index in [0.717, 1.165) is 5.56 Å². The second-order valence-electron chi connectivity index (χ2n) is 5.41. The number of ether oxygens (including phenoxy) is 1. The van der Waals surface area contributed by atoms with Crippen LogP contribution < -0.4 is 10.1 Å². The molecule has 0 aliphatic heterocycles. The van der Waals surface area contributed by atoms with Crippen molar-refractivity contribution in [1.29, 1.82) is 0 Å². The summed E-state index contributed by atoms with van der Waals surface area (Å²) >= 11 is 0. The monoisotopic (exact) mass is 279 g/mol. The molecule has 0 saturated heterocycles. The van der Waals surface area contributed by atoms with Gasteiger partial charge in [0.1, 0.15) is 5.75 Å². The largest absolute Gasteiger partial charge is 0.497 e. The highest BCUT2D eigenvalue weighted by atomic mass is 16.5. The van der Waals surface area contributed by atoms with Crippen LogP contribution in [0, 0.1) is 6.92 Å². The Bertz CT molecular complexity index is 509. The molecule has 0 aromatic heterocycles. The highest BCUT2D eigenvalue weighted by Gasteiger charge is 2.23. The predicted molar refractivity (Wildman–Crippen MR) is 76.1 cm³/mol. The van der Waals surface area contributed by atoms with Crippen LogP contribution in [0.1, 0.15) is 42.6 Å². The van der Waals surface area contributed by atoms with E-state index in [4.69, 9.17) is 9.84 Å². The van der Waals surface area contributed by atoms with Gasteiger partial charge in [-0.15, -0.1) is 0 Å². The van der Waals surface area contributed by atoms with E-state index >= 15 is 0 Å². The third kappa shape index (κ3) is 4.57. The van der Waals surface area contributed by atoms with E-state index in [1.54, 1.807) is 25.3 Å². The number of carboxylic acids is 1. The molecular weight excluding hydrogens is 258 g/mol. The number of methoxy groups -OCH3 is 1. The summed E-state index contributed by atoms with van der Waals surface area (Å²) in [4.78, 5) is 22.8. The minimum Gasteiger partial charge on any atom is -0.497 e. The SMILES string of the molecule is COc1ccc(C(=O)NC(C)(C)CCC(=O)O)c(C)c1. The molecule has 0 spiro atoms. The summed E-state index contributed by atoms with van der Waals surface area (Å²) in [5.74, 6) is -0.377. The highest BCUT2D eigenvalue weighted by Crippen LogP contribution is 2.18. The Morgan fingerprint density at radius 3 is 2.50 bits per heavy atom. The number of amides is 1. The van der Waals surface area contributed by atoms with Gasteiger partial charge in [0, 0.05) is 17.5 Å². The predicted octanol–water partition coefficient (Wildman–Crippen LogP) is 2.38. The molecule has 1 rings (SSSR count). The average Bonchev–Trinajstić information content (AvgIpc) is 2.35. The van der Waals surface area contributed by atoms with Gasteiger partial charge in [-0.3, -0.25) is 9.59 Å². The lowest BCUT2D eigenvalue weighted by Crippen LogP contribution is -2.43. The number of aliphatic carboxylic acids is 1.